The predicted molar refractivity (Wildman–Crippen MR) is 93.9 cm³/mol. The van der Waals surface area contributed by atoms with Gasteiger partial charge in [0.25, 0.3) is 0 Å². The molecule has 2 aliphatic rings. The summed E-state index contributed by atoms with van der Waals surface area (Å²) < 4.78 is 11.0. The van der Waals surface area contributed by atoms with Crippen molar-refractivity contribution in [3.05, 3.63) is 18.2 Å². The van der Waals surface area contributed by atoms with Gasteiger partial charge >= 0.3 is 6.03 Å². The van der Waals surface area contributed by atoms with E-state index in [1.807, 2.05) is 12.1 Å². The van der Waals surface area contributed by atoms with Crippen LogP contribution in [0.4, 0.5) is 10.5 Å². The molecule has 0 radical (unpaired) electrons. The van der Waals surface area contributed by atoms with Gasteiger partial charge in [-0.15, -0.1) is 0 Å². The minimum absolute atomic E-state index is 0.182. The molecule has 0 aromatic heterocycles. The van der Waals surface area contributed by atoms with E-state index in [1.165, 1.54) is 25.9 Å². The minimum Gasteiger partial charge on any atom is -0.486 e. The third kappa shape index (κ3) is 4.77. The number of carbonyl (C=O) groups excluding carboxylic acids is 1. The van der Waals surface area contributed by atoms with Gasteiger partial charge in [0.1, 0.15) is 13.2 Å². The summed E-state index contributed by atoms with van der Waals surface area (Å²) in [6.45, 7) is 7.53. The summed E-state index contributed by atoms with van der Waals surface area (Å²) in [4.78, 5) is 14.5. The standard InChI is InChI=1S/C18H27N3O3/c1-14-5-9-21(10-6-14)8-2-7-19-18(22)20-15-3-4-16-17(13-15)24-12-11-23-16/h3-4,13-14H,2,5-12H2,1H3,(H2,19,20,22). The average Bonchev–Trinajstić information content (AvgIpc) is 2.60. The van der Waals surface area contributed by atoms with Crippen LogP contribution in [0.1, 0.15) is 26.2 Å². The van der Waals surface area contributed by atoms with Crippen molar-refractivity contribution in [2.45, 2.75) is 26.2 Å². The first kappa shape index (κ1) is 16.9. The van der Waals surface area contributed by atoms with Gasteiger partial charge in [-0.05, 0) is 56.9 Å². The van der Waals surface area contributed by atoms with Crippen LogP contribution in [-0.2, 0) is 0 Å². The third-order valence-electron chi connectivity index (χ3n) is 4.61. The Labute approximate surface area is 143 Å². The van der Waals surface area contributed by atoms with Crippen molar-refractivity contribution >= 4 is 11.7 Å². The number of amides is 2. The van der Waals surface area contributed by atoms with Gasteiger partial charge in [0, 0.05) is 18.3 Å². The maximum absolute atomic E-state index is 12.0. The summed E-state index contributed by atoms with van der Waals surface area (Å²) in [5.74, 6) is 2.26. The van der Waals surface area contributed by atoms with Crippen molar-refractivity contribution in [1.82, 2.24) is 10.2 Å². The Bertz CT molecular complexity index is 556. The summed E-state index contributed by atoms with van der Waals surface area (Å²) in [5.41, 5.74) is 0.710. The molecule has 0 bridgehead atoms. The van der Waals surface area contributed by atoms with Crippen LogP contribution in [0.5, 0.6) is 11.5 Å². The second-order valence-corrected chi connectivity index (χ2v) is 6.62. The summed E-state index contributed by atoms with van der Waals surface area (Å²) in [6, 6.07) is 5.26. The van der Waals surface area contributed by atoms with Gasteiger partial charge in [-0.25, -0.2) is 4.79 Å². The van der Waals surface area contributed by atoms with Crippen LogP contribution < -0.4 is 20.1 Å². The van der Waals surface area contributed by atoms with Crippen LogP contribution in [0, 0.1) is 5.92 Å². The first-order valence-electron chi connectivity index (χ1n) is 8.87. The molecular weight excluding hydrogens is 306 g/mol. The van der Waals surface area contributed by atoms with E-state index in [9.17, 15) is 4.79 Å². The molecule has 1 aromatic rings. The van der Waals surface area contributed by atoms with Crippen LogP contribution in [0.3, 0.4) is 0 Å². The lowest BCUT2D eigenvalue weighted by Gasteiger charge is -2.30. The summed E-state index contributed by atoms with van der Waals surface area (Å²) in [6.07, 6.45) is 3.55. The van der Waals surface area contributed by atoms with Gasteiger partial charge in [-0.1, -0.05) is 6.92 Å². The zero-order chi connectivity index (χ0) is 16.8. The predicted octanol–water partition coefficient (Wildman–Crippen LogP) is 2.70. The third-order valence-corrected chi connectivity index (χ3v) is 4.61. The second kappa shape index (κ2) is 8.24. The molecule has 0 aliphatic carbocycles. The molecule has 2 heterocycles. The molecule has 2 N–H and O–H groups in total. The minimum atomic E-state index is -0.182. The molecule has 3 rings (SSSR count). The van der Waals surface area contributed by atoms with Crippen molar-refractivity contribution in [1.29, 1.82) is 0 Å². The van der Waals surface area contributed by atoms with Crippen molar-refractivity contribution in [2.75, 3.05) is 44.7 Å². The summed E-state index contributed by atoms with van der Waals surface area (Å²) >= 11 is 0. The van der Waals surface area contributed by atoms with Crippen molar-refractivity contribution in [3.63, 3.8) is 0 Å². The monoisotopic (exact) mass is 333 g/mol. The average molecular weight is 333 g/mol. The SMILES string of the molecule is CC1CCN(CCCNC(=O)Nc2ccc3c(c2)OCCO3)CC1. The van der Waals surface area contributed by atoms with Crippen LogP contribution in [0.2, 0.25) is 0 Å². The fraction of sp³-hybridized carbons (Fsp3) is 0.611. The zero-order valence-electron chi connectivity index (χ0n) is 14.3. The fourth-order valence-corrected chi connectivity index (χ4v) is 3.09. The number of nitrogens with zero attached hydrogens (tertiary/aromatic N) is 1. The van der Waals surface area contributed by atoms with E-state index in [4.69, 9.17) is 9.47 Å². The van der Waals surface area contributed by atoms with Gasteiger partial charge in [0.15, 0.2) is 11.5 Å². The number of likely N-dealkylation sites (tertiary alicyclic amines) is 1. The number of hydrogen-bond donors (Lipinski definition) is 2. The maximum atomic E-state index is 12.0. The van der Waals surface area contributed by atoms with E-state index in [1.54, 1.807) is 6.07 Å². The molecule has 6 nitrogen and oxygen atoms in total. The molecule has 24 heavy (non-hydrogen) atoms. The quantitative estimate of drug-likeness (QED) is 0.813. The highest BCUT2D eigenvalue weighted by molar-refractivity contribution is 5.89. The zero-order valence-corrected chi connectivity index (χ0v) is 14.3. The van der Waals surface area contributed by atoms with E-state index in [0.29, 0.717) is 31.2 Å². The van der Waals surface area contributed by atoms with Gasteiger partial charge in [-0.2, -0.15) is 0 Å². The number of anilines is 1. The summed E-state index contributed by atoms with van der Waals surface area (Å²) in [5, 5.41) is 5.75. The van der Waals surface area contributed by atoms with Crippen LogP contribution >= 0.6 is 0 Å². The highest BCUT2D eigenvalue weighted by atomic mass is 16.6. The number of benzene rings is 1. The van der Waals surface area contributed by atoms with E-state index in [-0.39, 0.29) is 6.03 Å². The molecule has 0 saturated carbocycles. The highest BCUT2D eigenvalue weighted by Gasteiger charge is 2.15. The Morgan fingerprint density at radius 1 is 1.21 bits per heavy atom. The van der Waals surface area contributed by atoms with Crippen molar-refractivity contribution in [3.8, 4) is 11.5 Å². The number of piperidine rings is 1. The fourth-order valence-electron chi connectivity index (χ4n) is 3.09. The number of carbonyl (C=O) groups is 1. The lowest BCUT2D eigenvalue weighted by atomic mass is 9.99. The van der Waals surface area contributed by atoms with Crippen molar-refractivity contribution in [2.24, 2.45) is 5.92 Å². The molecule has 1 fully saturated rings. The lowest BCUT2D eigenvalue weighted by molar-refractivity contribution is 0.171. The molecule has 0 atom stereocenters. The second-order valence-electron chi connectivity index (χ2n) is 6.62. The number of fused-ring (bicyclic) bond motifs is 1. The Morgan fingerprint density at radius 2 is 1.96 bits per heavy atom. The molecule has 132 valence electrons. The lowest BCUT2D eigenvalue weighted by Crippen LogP contribution is -2.36. The number of hydrogen-bond acceptors (Lipinski definition) is 4. The normalized spacial score (nSPS) is 18.2. The van der Waals surface area contributed by atoms with Gasteiger partial charge in [0.2, 0.25) is 0 Å². The topological polar surface area (TPSA) is 62.8 Å². The molecular formula is C18H27N3O3. The number of nitrogens with one attached hydrogen (secondary N) is 2. The van der Waals surface area contributed by atoms with Gasteiger partial charge < -0.3 is 25.0 Å². The first-order chi connectivity index (χ1) is 11.7. The van der Waals surface area contributed by atoms with E-state index >= 15 is 0 Å². The molecule has 0 unspecified atom stereocenters. The first-order valence-corrected chi connectivity index (χ1v) is 8.87. The Hall–Kier alpha value is -1.95. The number of urea groups is 1. The maximum Gasteiger partial charge on any atom is 0.319 e. The van der Waals surface area contributed by atoms with E-state index in [0.717, 1.165) is 24.6 Å². The largest absolute Gasteiger partial charge is 0.486 e. The molecule has 1 saturated heterocycles. The number of ether oxygens (including phenoxy) is 2. The van der Waals surface area contributed by atoms with Gasteiger partial charge in [-0.3, -0.25) is 0 Å². The molecule has 6 heteroatoms. The smallest absolute Gasteiger partial charge is 0.319 e. The van der Waals surface area contributed by atoms with Crippen LogP contribution in [-0.4, -0.2) is 50.3 Å². The molecule has 2 aliphatic heterocycles. The van der Waals surface area contributed by atoms with E-state index in [2.05, 4.69) is 22.5 Å². The van der Waals surface area contributed by atoms with E-state index < -0.39 is 0 Å². The molecule has 1 aromatic carbocycles. The van der Waals surface area contributed by atoms with Crippen LogP contribution in [0.25, 0.3) is 0 Å². The Morgan fingerprint density at radius 3 is 2.75 bits per heavy atom. The van der Waals surface area contributed by atoms with Crippen molar-refractivity contribution < 1.29 is 14.3 Å². The Kier molecular flexibility index (Phi) is 5.80. The van der Waals surface area contributed by atoms with Gasteiger partial charge in [0.05, 0.1) is 0 Å². The Balaban J connectivity index is 1.35. The molecule has 0 spiro atoms. The summed E-state index contributed by atoms with van der Waals surface area (Å²) in [7, 11) is 0. The highest BCUT2D eigenvalue weighted by Crippen LogP contribution is 2.32. The number of rotatable bonds is 5. The molecule has 2 amide bonds. The van der Waals surface area contributed by atoms with Crippen LogP contribution in [0.15, 0.2) is 18.2 Å².